The van der Waals surface area contributed by atoms with Gasteiger partial charge in [0.15, 0.2) is 11.6 Å². The maximum Gasteiger partial charge on any atom is 0.172 e. The fourth-order valence-electron chi connectivity index (χ4n) is 5.14. The summed E-state index contributed by atoms with van der Waals surface area (Å²) in [5.41, 5.74) is 1.24. The highest BCUT2D eigenvalue weighted by atomic mass is 28.3. The zero-order chi connectivity index (χ0) is 22.4. The quantitative estimate of drug-likeness (QED) is 0.291. The summed E-state index contributed by atoms with van der Waals surface area (Å²) in [5, 5.41) is 0.848. The van der Waals surface area contributed by atoms with Gasteiger partial charge in [-0.05, 0) is 58.3 Å². The minimum Gasteiger partial charge on any atom is -0.500 e. The highest BCUT2D eigenvalue weighted by Gasteiger charge is 2.65. The van der Waals surface area contributed by atoms with Crippen LogP contribution in [-0.4, -0.2) is 26.8 Å². The smallest absolute Gasteiger partial charge is 0.172 e. The minimum atomic E-state index is -2.00. The molecule has 0 aromatic rings. The topological polar surface area (TPSA) is 43.4 Å². The van der Waals surface area contributed by atoms with Gasteiger partial charge >= 0.3 is 0 Å². The summed E-state index contributed by atoms with van der Waals surface area (Å²) in [6.07, 6.45) is 6.38. The van der Waals surface area contributed by atoms with Gasteiger partial charge in [-0.1, -0.05) is 56.8 Å². The Kier molecular flexibility index (Phi) is 6.59. The Labute approximate surface area is 178 Å². The first-order valence-electron chi connectivity index (χ1n) is 10.8. The van der Waals surface area contributed by atoms with Crippen LogP contribution in [0.25, 0.3) is 0 Å². The van der Waals surface area contributed by atoms with Gasteiger partial charge < -0.3 is 4.74 Å². The van der Waals surface area contributed by atoms with Crippen molar-refractivity contribution in [2.45, 2.75) is 80.4 Å². The molecule has 3 atom stereocenters. The van der Waals surface area contributed by atoms with Crippen molar-refractivity contribution >= 4 is 19.6 Å². The molecule has 0 aromatic carbocycles. The van der Waals surface area contributed by atoms with Crippen LogP contribution in [-0.2, 0) is 14.3 Å². The number of fused-ring (bicyclic) bond motifs is 2. The predicted molar refractivity (Wildman–Crippen MR) is 123 cm³/mol. The molecule has 4 heteroatoms. The van der Waals surface area contributed by atoms with E-state index >= 15 is 0 Å². The number of ether oxygens (including phenoxy) is 1. The number of ketones is 2. The van der Waals surface area contributed by atoms with E-state index in [1.165, 1.54) is 5.57 Å². The Morgan fingerprint density at radius 3 is 2.07 bits per heavy atom. The van der Waals surface area contributed by atoms with Gasteiger partial charge in [0.25, 0.3) is 0 Å². The number of Topliss-reactive ketones (excluding diaryl/α,β-unsaturated/α-hetero) is 2. The molecule has 29 heavy (non-hydrogen) atoms. The van der Waals surface area contributed by atoms with E-state index in [1.54, 1.807) is 7.11 Å². The molecule has 2 aliphatic rings. The molecular formula is C25H40O3Si. The molecular weight excluding hydrogens is 376 g/mol. The van der Waals surface area contributed by atoms with E-state index in [1.807, 2.05) is 13.8 Å². The summed E-state index contributed by atoms with van der Waals surface area (Å²) in [4.78, 5) is 28.0. The molecule has 0 heterocycles. The van der Waals surface area contributed by atoms with Gasteiger partial charge in [-0.3, -0.25) is 9.59 Å². The Hall–Kier alpha value is -1.42. The van der Waals surface area contributed by atoms with Crippen LogP contribution in [0.5, 0.6) is 0 Å². The Balaban J connectivity index is 2.80. The normalized spacial score (nSPS) is 28.9. The molecule has 0 N–H and O–H groups in total. The van der Waals surface area contributed by atoms with Gasteiger partial charge in [0.05, 0.1) is 26.5 Å². The number of carbonyl (C=O) groups excluding carboxylic acids is 2. The molecule has 0 aromatic heterocycles. The summed E-state index contributed by atoms with van der Waals surface area (Å²) in [7, 11) is -0.369. The molecule has 1 fully saturated rings. The Bertz CT molecular complexity index is 783. The first kappa shape index (κ1) is 23.9. The lowest BCUT2D eigenvalue weighted by molar-refractivity contribution is -0.156. The Morgan fingerprint density at radius 1 is 1.07 bits per heavy atom. The van der Waals surface area contributed by atoms with Crippen LogP contribution in [0.3, 0.4) is 0 Å². The van der Waals surface area contributed by atoms with Crippen LogP contribution in [0.4, 0.5) is 0 Å². The van der Waals surface area contributed by atoms with Crippen LogP contribution in [0.1, 0.15) is 60.8 Å². The number of allylic oxidation sites excluding steroid dienone is 6. The maximum absolute atomic E-state index is 14.0. The second-order valence-corrected chi connectivity index (χ2v) is 16.1. The Morgan fingerprint density at radius 2 is 1.62 bits per heavy atom. The summed E-state index contributed by atoms with van der Waals surface area (Å²) in [6, 6.07) is 0. The van der Waals surface area contributed by atoms with E-state index in [4.69, 9.17) is 4.74 Å². The standard InChI is InChI=1S/C25H40O3Si/c1-16(2)11-12-18-15-25(14-13-17(3)4)22(26)19(24(18,5)6)20(28-7)21(23(25)27)29(8,9)10/h11,13,18-19H,12,14-15H2,1-10H3/t18-,19-,25-/m0/s1. The number of hydrogen-bond donors (Lipinski definition) is 0. The van der Waals surface area contributed by atoms with Crippen molar-refractivity contribution in [1.29, 1.82) is 0 Å². The van der Waals surface area contributed by atoms with E-state index in [9.17, 15) is 9.59 Å². The third-order valence-corrected chi connectivity index (χ3v) is 8.91. The second-order valence-electron chi connectivity index (χ2n) is 11.1. The van der Waals surface area contributed by atoms with Gasteiger partial charge in [-0.15, -0.1) is 0 Å². The molecule has 2 aliphatic carbocycles. The van der Waals surface area contributed by atoms with Crippen molar-refractivity contribution in [2.75, 3.05) is 7.11 Å². The van der Waals surface area contributed by atoms with E-state index < -0.39 is 13.5 Å². The van der Waals surface area contributed by atoms with Crippen LogP contribution < -0.4 is 0 Å². The third kappa shape index (κ3) is 4.10. The fraction of sp³-hybridized carbons (Fsp3) is 0.680. The summed E-state index contributed by atoms with van der Waals surface area (Å²) in [5.74, 6) is 0.700. The highest BCUT2D eigenvalue weighted by Crippen LogP contribution is 2.60. The largest absolute Gasteiger partial charge is 0.500 e. The van der Waals surface area contributed by atoms with Gasteiger partial charge in [0, 0.05) is 5.20 Å². The molecule has 2 bridgehead atoms. The van der Waals surface area contributed by atoms with Gasteiger partial charge in [0.2, 0.25) is 0 Å². The van der Waals surface area contributed by atoms with E-state index in [0.717, 1.165) is 17.2 Å². The molecule has 3 nitrogen and oxygen atoms in total. The van der Waals surface area contributed by atoms with Crippen molar-refractivity contribution < 1.29 is 14.3 Å². The number of carbonyl (C=O) groups is 2. The summed E-state index contributed by atoms with van der Waals surface area (Å²) < 4.78 is 5.88. The molecule has 0 radical (unpaired) electrons. The molecule has 0 amide bonds. The molecule has 0 saturated heterocycles. The maximum atomic E-state index is 14.0. The molecule has 0 spiro atoms. The van der Waals surface area contributed by atoms with Crippen LogP contribution in [0.2, 0.25) is 19.6 Å². The van der Waals surface area contributed by atoms with Gasteiger partial charge in [-0.25, -0.2) is 0 Å². The minimum absolute atomic E-state index is 0.0463. The van der Waals surface area contributed by atoms with Gasteiger partial charge in [-0.2, -0.15) is 0 Å². The van der Waals surface area contributed by atoms with E-state index in [0.29, 0.717) is 18.6 Å². The summed E-state index contributed by atoms with van der Waals surface area (Å²) >= 11 is 0. The van der Waals surface area contributed by atoms with Crippen molar-refractivity contribution in [2.24, 2.45) is 22.7 Å². The number of methoxy groups -OCH3 is 1. The fourth-order valence-corrected chi connectivity index (χ4v) is 7.05. The first-order valence-corrected chi connectivity index (χ1v) is 14.3. The molecule has 0 aliphatic heterocycles. The number of rotatable bonds is 6. The predicted octanol–water partition coefficient (Wildman–Crippen LogP) is 6.28. The number of hydrogen-bond acceptors (Lipinski definition) is 3. The molecule has 162 valence electrons. The van der Waals surface area contributed by atoms with E-state index in [-0.39, 0.29) is 28.8 Å². The van der Waals surface area contributed by atoms with Gasteiger partial charge in [0.1, 0.15) is 5.76 Å². The summed E-state index contributed by atoms with van der Waals surface area (Å²) in [6.45, 7) is 19.2. The SMILES string of the molecule is COC1=C([Si](C)(C)C)C(=O)[C@@]2(CC=C(C)C)C[C@H](CC=C(C)C)C(C)(C)[C@@H]1C2=O. The molecule has 1 saturated carbocycles. The molecule has 0 unspecified atom stereocenters. The van der Waals surface area contributed by atoms with Crippen molar-refractivity contribution in [1.82, 2.24) is 0 Å². The average molecular weight is 417 g/mol. The van der Waals surface area contributed by atoms with E-state index in [2.05, 4.69) is 59.5 Å². The van der Waals surface area contributed by atoms with Crippen molar-refractivity contribution in [3.05, 3.63) is 34.3 Å². The van der Waals surface area contributed by atoms with Crippen molar-refractivity contribution in [3.63, 3.8) is 0 Å². The third-order valence-electron chi connectivity index (χ3n) is 6.93. The highest BCUT2D eigenvalue weighted by molar-refractivity contribution is 6.87. The van der Waals surface area contributed by atoms with Crippen LogP contribution in [0.15, 0.2) is 34.3 Å². The molecule has 2 rings (SSSR count). The van der Waals surface area contributed by atoms with Crippen LogP contribution in [0, 0.1) is 22.7 Å². The second kappa shape index (κ2) is 8.01. The monoisotopic (exact) mass is 416 g/mol. The average Bonchev–Trinajstić information content (AvgIpc) is 2.56. The lowest BCUT2D eigenvalue weighted by Crippen LogP contribution is -2.61. The first-order chi connectivity index (χ1) is 13.2. The van der Waals surface area contributed by atoms with Crippen molar-refractivity contribution in [3.8, 4) is 0 Å². The lowest BCUT2D eigenvalue weighted by atomic mass is 9.48. The zero-order valence-electron chi connectivity index (χ0n) is 20.2. The van der Waals surface area contributed by atoms with Crippen LogP contribution >= 0.6 is 0 Å². The zero-order valence-corrected chi connectivity index (χ0v) is 21.2. The lowest BCUT2D eigenvalue weighted by Gasteiger charge is -2.55.